The predicted octanol–water partition coefficient (Wildman–Crippen LogP) is 2.14. The number of aromatic nitrogens is 3. The summed E-state index contributed by atoms with van der Waals surface area (Å²) in [6.45, 7) is 1.99. The monoisotopic (exact) mass is 307 g/mol. The lowest BCUT2D eigenvalue weighted by Gasteiger charge is -2.38. The average molecular weight is 307 g/mol. The van der Waals surface area contributed by atoms with Crippen LogP contribution < -0.4 is 0 Å². The van der Waals surface area contributed by atoms with E-state index in [1.165, 1.54) is 11.8 Å². The lowest BCUT2D eigenvalue weighted by molar-refractivity contribution is -0.131. The zero-order valence-corrected chi connectivity index (χ0v) is 13.4. The van der Waals surface area contributed by atoms with Crippen molar-refractivity contribution in [3.8, 4) is 6.07 Å². The second kappa shape index (κ2) is 6.94. The molecule has 0 atom stereocenters. The van der Waals surface area contributed by atoms with Gasteiger partial charge in [0.15, 0.2) is 0 Å². The quantitative estimate of drug-likeness (QED) is 0.842. The molecular formula is C14H21N5OS. The lowest BCUT2D eigenvalue weighted by atomic mass is 9.81. The normalized spacial score (nSPS) is 17.2. The second-order valence-electron chi connectivity index (χ2n) is 5.36. The van der Waals surface area contributed by atoms with Crippen molar-refractivity contribution in [2.75, 3.05) is 12.8 Å². The van der Waals surface area contributed by atoms with Gasteiger partial charge in [0.1, 0.15) is 11.4 Å². The van der Waals surface area contributed by atoms with Gasteiger partial charge in [0.25, 0.3) is 0 Å². The number of hydrogen-bond acceptors (Lipinski definition) is 5. The molecule has 1 heterocycles. The molecule has 1 aliphatic rings. The maximum absolute atomic E-state index is 12.3. The zero-order chi connectivity index (χ0) is 15.3. The molecule has 0 spiro atoms. The lowest BCUT2D eigenvalue weighted by Crippen LogP contribution is -2.50. The highest BCUT2D eigenvalue weighted by Crippen LogP contribution is 2.32. The molecule has 0 saturated heterocycles. The number of H-pyrrole nitrogens is 1. The van der Waals surface area contributed by atoms with Crippen molar-refractivity contribution in [1.29, 1.82) is 5.26 Å². The number of aryl methyl sites for hydroxylation is 1. The SMILES string of the molecule is CCc1nc(SCC(=O)N(C)C2(C#N)CCCCC2)n[nH]1. The van der Waals surface area contributed by atoms with E-state index < -0.39 is 5.54 Å². The Morgan fingerprint density at radius 2 is 2.19 bits per heavy atom. The van der Waals surface area contributed by atoms with Gasteiger partial charge in [0, 0.05) is 13.5 Å². The van der Waals surface area contributed by atoms with Crippen molar-refractivity contribution in [3.05, 3.63) is 5.82 Å². The molecule has 1 fully saturated rings. The van der Waals surface area contributed by atoms with Gasteiger partial charge in [-0.2, -0.15) is 5.26 Å². The Morgan fingerprint density at radius 1 is 1.48 bits per heavy atom. The molecule has 114 valence electrons. The van der Waals surface area contributed by atoms with E-state index in [1.807, 2.05) is 6.92 Å². The first-order valence-corrected chi connectivity index (χ1v) is 8.32. The van der Waals surface area contributed by atoms with E-state index in [2.05, 4.69) is 21.3 Å². The highest BCUT2D eigenvalue weighted by Gasteiger charge is 2.38. The molecule has 0 aromatic carbocycles. The Balaban J connectivity index is 1.94. The number of amides is 1. The zero-order valence-electron chi connectivity index (χ0n) is 12.6. The number of thioether (sulfide) groups is 1. The van der Waals surface area contributed by atoms with Crippen molar-refractivity contribution in [1.82, 2.24) is 20.1 Å². The molecule has 1 N–H and O–H groups in total. The van der Waals surface area contributed by atoms with Gasteiger partial charge in [-0.3, -0.25) is 9.89 Å². The minimum absolute atomic E-state index is 0.0358. The molecule has 0 unspecified atom stereocenters. The van der Waals surface area contributed by atoms with E-state index in [0.29, 0.717) is 5.16 Å². The van der Waals surface area contributed by atoms with Crippen LogP contribution in [0.3, 0.4) is 0 Å². The molecule has 1 aromatic heterocycles. The van der Waals surface area contributed by atoms with E-state index in [1.54, 1.807) is 11.9 Å². The van der Waals surface area contributed by atoms with Crippen LogP contribution in [-0.4, -0.2) is 44.3 Å². The van der Waals surface area contributed by atoms with Crippen LogP contribution in [0.1, 0.15) is 44.9 Å². The predicted molar refractivity (Wildman–Crippen MR) is 80.7 cm³/mol. The first-order chi connectivity index (χ1) is 10.1. The summed E-state index contributed by atoms with van der Waals surface area (Å²) in [7, 11) is 1.74. The summed E-state index contributed by atoms with van der Waals surface area (Å²) in [5.74, 6) is 1.05. The number of carbonyl (C=O) groups excluding carboxylic acids is 1. The highest BCUT2D eigenvalue weighted by molar-refractivity contribution is 7.99. The van der Waals surface area contributed by atoms with E-state index in [-0.39, 0.29) is 11.7 Å². The van der Waals surface area contributed by atoms with E-state index >= 15 is 0 Å². The summed E-state index contributed by atoms with van der Waals surface area (Å²) < 4.78 is 0. The standard InChI is InChI=1S/C14H21N5OS/c1-3-11-16-13(18-17-11)21-9-12(20)19(2)14(10-15)7-5-4-6-8-14/h3-9H2,1-2H3,(H,16,17,18). The molecule has 1 aromatic rings. The summed E-state index contributed by atoms with van der Waals surface area (Å²) in [5.41, 5.74) is -0.622. The molecule has 0 bridgehead atoms. The summed E-state index contributed by atoms with van der Waals surface area (Å²) in [6.07, 6.45) is 5.52. The number of carbonyl (C=O) groups is 1. The summed E-state index contributed by atoms with van der Waals surface area (Å²) >= 11 is 1.31. The van der Waals surface area contributed by atoms with E-state index in [0.717, 1.165) is 44.3 Å². The Labute approximate surface area is 129 Å². The van der Waals surface area contributed by atoms with Crippen LogP contribution in [0.2, 0.25) is 0 Å². The molecule has 1 saturated carbocycles. The Hall–Kier alpha value is -1.55. The van der Waals surface area contributed by atoms with Gasteiger partial charge in [-0.15, -0.1) is 5.10 Å². The van der Waals surface area contributed by atoms with E-state index in [9.17, 15) is 10.1 Å². The minimum Gasteiger partial charge on any atom is -0.326 e. The summed E-state index contributed by atoms with van der Waals surface area (Å²) in [6, 6.07) is 2.37. The smallest absolute Gasteiger partial charge is 0.234 e. The Morgan fingerprint density at radius 3 is 2.76 bits per heavy atom. The molecular weight excluding hydrogens is 286 g/mol. The van der Waals surface area contributed by atoms with Crippen molar-refractivity contribution in [3.63, 3.8) is 0 Å². The third-order valence-electron chi connectivity index (χ3n) is 4.08. The van der Waals surface area contributed by atoms with Gasteiger partial charge in [-0.1, -0.05) is 37.9 Å². The van der Waals surface area contributed by atoms with Crippen LogP contribution >= 0.6 is 11.8 Å². The number of nitriles is 1. The number of nitrogens with zero attached hydrogens (tertiary/aromatic N) is 4. The fraction of sp³-hybridized carbons (Fsp3) is 0.714. The Kier molecular flexibility index (Phi) is 5.23. The molecule has 1 aliphatic carbocycles. The highest BCUT2D eigenvalue weighted by atomic mass is 32.2. The van der Waals surface area contributed by atoms with Gasteiger partial charge >= 0.3 is 0 Å². The van der Waals surface area contributed by atoms with Crippen LogP contribution in [0.15, 0.2) is 5.16 Å². The van der Waals surface area contributed by atoms with Gasteiger partial charge in [0.05, 0.1) is 11.8 Å². The summed E-state index contributed by atoms with van der Waals surface area (Å²) in [4.78, 5) is 18.2. The van der Waals surface area contributed by atoms with Gasteiger partial charge < -0.3 is 4.90 Å². The maximum atomic E-state index is 12.3. The fourth-order valence-corrected chi connectivity index (χ4v) is 3.35. The van der Waals surface area contributed by atoms with Gasteiger partial charge in [-0.05, 0) is 12.8 Å². The van der Waals surface area contributed by atoms with Crippen molar-refractivity contribution in [2.45, 2.75) is 56.1 Å². The molecule has 0 aliphatic heterocycles. The maximum Gasteiger partial charge on any atom is 0.234 e. The largest absolute Gasteiger partial charge is 0.326 e. The van der Waals surface area contributed by atoms with Crippen LogP contribution in [0.5, 0.6) is 0 Å². The number of hydrogen-bond donors (Lipinski definition) is 1. The molecule has 2 rings (SSSR count). The number of nitrogens with one attached hydrogen (secondary N) is 1. The Bertz CT molecular complexity index is 530. The minimum atomic E-state index is -0.622. The molecule has 0 radical (unpaired) electrons. The van der Waals surface area contributed by atoms with Crippen LogP contribution in [0.25, 0.3) is 0 Å². The summed E-state index contributed by atoms with van der Waals surface area (Å²) in [5, 5.41) is 17.0. The van der Waals surface area contributed by atoms with Crippen molar-refractivity contribution < 1.29 is 4.79 Å². The first kappa shape index (κ1) is 15.8. The average Bonchev–Trinajstić information content (AvgIpc) is 3.00. The molecule has 6 nitrogen and oxygen atoms in total. The second-order valence-corrected chi connectivity index (χ2v) is 6.31. The molecule has 7 heteroatoms. The van der Waals surface area contributed by atoms with Crippen LogP contribution in [0, 0.1) is 11.3 Å². The third kappa shape index (κ3) is 3.56. The topological polar surface area (TPSA) is 85.7 Å². The third-order valence-corrected chi connectivity index (χ3v) is 4.91. The van der Waals surface area contributed by atoms with Crippen molar-refractivity contribution in [2.24, 2.45) is 0 Å². The number of aromatic amines is 1. The van der Waals surface area contributed by atoms with Crippen LogP contribution in [0.4, 0.5) is 0 Å². The fourth-order valence-electron chi connectivity index (χ4n) is 2.62. The van der Waals surface area contributed by atoms with Crippen molar-refractivity contribution >= 4 is 17.7 Å². The van der Waals surface area contributed by atoms with Gasteiger partial charge in [-0.25, -0.2) is 4.98 Å². The molecule has 21 heavy (non-hydrogen) atoms. The van der Waals surface area contributed by atoms with E-state index in [4.69, 9.17) is 0 Å². The van der Waals surface area contributed by atoms with Crippen LogP contribution in [-0.2, 0) is 11.2 Å². The van der Waals surface area contributed by atoms with Gasteiger partial charge in [0.2, 0.25) is 11.1 Å². The number of rotatable bonds is 5. The first-order valence-electron chi connectivity index (χ1n) is 7.33. The molecule has 1 amide bonds.